The van der Waals surface area contributed by atoms with E-state index in [1.54, 1.807) is 18.4 Å². The molecule has 2 rings (SSSR count). The molecular formula is C13H20N2O2S. The van der Waals surface area contributed by atoms with Crippen molar-refractivity contribution in [3.05, 3.63) is 16.1 Å². The molecule has 1 aliphatic rings. The molecule has 5 heteroatoms. The summed E-state index contributed by atoms with van der Waals surface area (Å²) in [4.78, 5) is 18.4. The minimum atomic E-state index is 0.205. The van der Waals surface area contributed by atoms with Crippen molar-refractivity contribution in [2.45, 2.75) is 26.2 Å². The number of amides is 1. The van der Waals surface area contributed by atoms with Gasteiger partial charge in [-0.15, -0.1) is 11.3 Å². The van der Waals surface area contributed by atoms with Gasteiger partial charge in [0.25, 0.3) is 0 Å². The van der Waals surface area contributed by atoms with E-state index in [1.165, 1.54) is 0 Å². The van der Waals surface area contributed by atoms with Crippen LogP contribution in [0, 0.1) is 12.8 Å². The van der Waals surface area contributed by atoms with Gasteiger partial charge in [0.15, 0.2) is 0 Å². The Hall–Kier alpha value is -0.940. The first kappa shape index (κ1) is 13.5. The average Bonchev–Trinajstić information content (AvgIpc) is 2.76. The molecule has 2 heterocycles. The highest BCUT2D eigenvalue weighted by molar-refractivity contribution is 7.09. The first-order valence-electron chi connectivity index (χ1n) is 6.36. The number of rotatable bonds is 4. The fraction of sp³-hybridized carbons (Fsp3) is 0.692. The lowest BCUT2D eigenvalue weighted by molar-refractivity contribution is -0.132. The van der Waals surface area contributed by atoms with Crippen LogP contribution >= 0.6 is 11.3 Å². The number of carbonyl (C=O) groups excluding carboxylic acids is 1. The van der Waals surface area contributed by atoms with Gasteiger partial charge in [0.05, 0.1) is 17.1 Å². The van der Waals surface area contributed by atoms with Crippen molar-refractivity contribution in [3.8, 4) is 0 Å². The first-order chi connectivity index (χ1) is 8.69. The Bertz CT molecular complexity index is 397. The van der Waals surface area contributed by atoms with Gasteiger partial charge in [-0.25, -0.2) is 4.98 Å². The van der Waals surface area contributed by atoms with E-state index in [9.17, 15) is 4.79 Å². The SMILES string of the molecule is COCC1CCN(C(=O)Cc2csc(C)n2)CC1. The zero-order valence-corrected chi connectivity index (χ0v) is 11.8. The summed E-state index contributed by atoms with van der Waals surface area (Å²) in [6, 6.07) is 0. The molecule has 0 spiro atoms. The molecule has 100 valence electrons. The van der Waals surface area contributed by atoms with Crippen LogP contribution in [0.1, 0.15) is 23.5 Å². The van der Waals surface area contributed by atoms with Crippen LogP contribution in [0.5, 0.6) is 0 Å². The third kappa shape index (κ3) is 3.53. The van der Waals surface area contributed by atoms with Crippen molar-refractivity contribution < 1.29 is 9.53 Å². The van der Waals surface area contributed by atoms with Crippen molar-refractivity contribution in [2.24, 2.45) is 5.92 Å². The molecule has 1 fully saturated rings. The lowest BCUT2D eigenvalue weighted by atomic mass is 9.97. The highest BCUT2D eigenvalue weighted by Gasteiger charge is 2.23. The summed E-state index contributed by atoms with van der Waals surface area (Å²) in [5.74, 6) is 0.816. The molecule has 0 saturated carbocycles. The zero-order chi connectivity index (χ0) is 13.0. The van der Waals surface area contributed by atoms with E-state index in [-0.39, 0.29) is 5.91 Å². The molecule has 4 nitrogen and oxygen atoms in total. The van der Waals surface area contributed by atoms with Gasteiger partial charge in [-0.2, -0.15) is 0 Å². The lowest BCUT2D eigenvalue weighted by Crippen LogP contribution is -2.40. The number of nitrogens with zero attached hydrogens (tertiary/aromatic N) is 2. The Labute approximate surface area is 112 Å². The van der Waals surface area contributed by atoms with Crippen molar-refractivity contribution in [1.82, 2.24) is 9.88 Å². The number of piperidine rings is 1. The van der Waals surface area contributed by atoms with Gasteiger partial charge in [-0.05, 0) is 25.7 Å². The number of aryl methyl sites for hydroxylation is 1. The summed E-state index contributed by atoms with van der Waals surface area (Å²) in [5.41, 5.74) is 0.904. The van der Waals surface area contributed by atoms with Gasteiger partial charge in [0.2, 0.25) is 5.91 Å². The van der Waals surface area contributed by atoms with Gasteiger partial charge >= 0.3 is 0 Å². The Morgan fingerprint density at radius 1 is 1.56 bits per heavy atom. The van der Waals surface area contributed by atoms with Crippen LogP contribution in [0.3, 0.4) is 0 Å². The molecule has 0 N–H and O–H groups in total. The molecule has 0 radical (unpaired) electrons. The summed E-state index contributed by atoms with van der Waals surface area (Å²) >= 11 is 1.60. The number of hydrogen-bond acceptors (Lipinski definition) is 4. The maximum absolute atomic E-state index is 12.1. The van der Waals surface area contributed by atoms with Gasteiger partial charge in [-0.3, -0.25) is 4.79 Å². The Balaban J connectivity index is 1.80. The largest absolute Gasteiger partial charge is 0.384 e. The highest BCUT2D eigenvalue weighted by Crippen LogP contribution is 2.18. The highest BCUT2D eigenvalue weighted by atomic mass is 32.1. The summed E-state index contributed by atoms with van der Waals surface area (Å²) < 4.78 is 5.16. The summed E-state index contributed by atoms with van der Waals surface area (Å²) in [7, 11) is 1.74. The van der Waals surface area contributed by atoms with Crippen LogP contribution in [-0.4, -0.2) is 42.6 Å². The predicted molar refractivity (Wildman–Crippen MR) is 71.7 cm³/mol. The van der Waals surface area contributed by atoms with Crippen LogP contribution in [-0.2, 0) is 16.0 Å². The first-order valence-corrected chi connectivity index (χ1v) is 7.24. The van der Waals surface area contributed by atoms with E-state index in [0.29, 0.717) is 12.3 Å². The van der Waals surface area contributed by atoms with Crippen molar-refractivity contribution in [2.75, 3.05) is 26.8 Å². The van der Waals surface area contributed by atoms with E-state index in [0.717, 1.165) is 43.2 Å². The number of carbonyl (C=O) groups is 1. The predicted octanol–water partition coefficient (Wildman–Crippen LogP) is 1.88. The van der Waals surface area contributed by atoms with Gasteiger partial charge in [-0.1, -0.05) is 0 Å². The average molecular weight is 268 g/mol. The second-order valence-electron chi connectivity index (χ2n) is 4.81. The monoisotopic (exact) mass is 268 g/mol. The lowest BCUT2D eigenvalue weighted by Gasteiger charge is -2.31. The molecule has 1 saturated heterocycles. The second-order valence-corrected chi connectivity index (χ2v) is 5.88. The molecule has 0 bridgehead atoms. The summed E-state index contributed by atoms with van der Waals surface area (Å²) in [6.45, 7) is 4.49. The van der Waals surface area contributed by atoms with E-state index in [4.69, 9.17) is 4.74 Å². The Morgan fingerprint density at radius 3 is 2.83 bits per heavy atom. The van der Waals surface area contributed by atoms with Crippen molar-refractivity contribution in [1.29, 1.82) is 0 Å². The minimum absolute atomic E-state index is 0.205. The van der Waals surface area contributed by atoms with E-state index in [2.05, 4.69) is 4.98 Å². The van der Waals surface area contributed by atoms with Crippen LogP contribution < -0.4 is 0 Å². The standard InChI is InChI=1S/C13H20N2O2S/c1-10-14-12(9-18-10)7-13(16)15-5-3-11(4-6-15)8-17-2/h9,11H,3-8H2,1-2H3. The van der Waals surface area contributed by atoms with Crippen molar-refractivity contribution >= 4 is 17.2 Å². The summed E-state index contributed by atoms with van der Waals surface area (Å²) in [5, 5.41) is 3.00. The van der Waals surface area contributed by atoms with Crippen LogP contribution in [0.2, 0.25) is 0 Å². The molecule has 1 amide bonds. The molecule has 0 atom stereocenters. The molecule has 0 aromatic carbocycles. The van der Waals surface area contributed by atoms with Crippen LogP contribution in [0.15, 0.2) is 5.38 Å². The quantitative estimate of drug-likeness (QED) is 0.837. The number of ether oxygens (including phenoxy) is 1. The van der Waals surface area contributed by atoms with E-state index in [1.807, 2.05) is 17.2 Å². The number of methoxy groups -OCH3 is 1. The number of aromatic nitrogens is 1. The number of likely N-dealkylation sites (tertiary alicyclic amines) is 1. The molecule has 0 aliphatic carbocycles. The maximum Gasteiger partial charge on any atom is 0.228 e. The third-order valence-electron chi connectivity index (χ3n) is 3.37. The Kier molecular flexibility index (Phi) is 4.72. The van der Waals surface area contributed by atoms with Crippen molar-refractivity contribution in [3.63, 3.8) is 0 Å². The van der Waals surface area contributed by atoms with Crippen LogP contribution in [0.25, 0.3) is 0 Å². The third-order valence-corrected chi connectivity index (χ3v) is 4.19. The van der Waals surface area contributed by atoms with E-state index < -0.39 is 0 Å². The molecule has 1 aliphatic heterocycles. The van der Waals surface area contributed by atoms with Crippen LogP contribution in [0.4, 0.5) is 0 Å². The fourth-order valence-corrected chi connectivity index (χ4v) is 2.95. The van der Waals surface area contributed by atoms with E-state index >= 15 is 0 Å². The molecule has 18 heavy (non-hydrogen) atoms. The maximum atomic E-state index is 12.1. The smallest absolute Gasteiger partial charge is 0.228 e. The number of thiazole rings is 1. The van der Waals surface area contributed by atoms with Gasteiger partial charge in [0, 0.05) is 32.2 Å². The fourth-order valence-electron chi connectivity index (χ4n) is 2.34. The summed E-state index contributed by atoms with van der Waals surface area (Å²) in [6.07, 6.45) is 2.55. The topological polar surface area (TPSA) is 42.4 Å². The molecular weight excluding hydrogens is 248 g/mol. The number of hydrogen-bond donors (Lipinski definition) is 0. The van der Waals surface area contributed by atoms with Gasteiger partial charge in [0.1, 0.15) is 0 Å². The molecule has 0 unspecified atom stereocenters. The molecule has 1 aromatic rings. The second kappa shape index (κ2) is 6.29. The normalized spacial score (nSPS) is 17.1. The zero-order valence-electron chi connectivity index (χ0n) is 11.0. The molecule has 1 aromatic heterocycles. The van der Waals surface area contributed by atoms with Gasteiger partial charge < -0.3 is 9.64 Å². The minimum Gasteiger partial charge on any atom is -0.384 e. The Morgan fingerprint density at radius 2 is 2.28 bits per heavy atom.